The zero-order valence-electron chi connectivity index (χ0n) is 6.67. The highest BCUT2D eigenvalue weighted by Crippen LogP contribution is 2.03. The van der Waals surface area contributed by atoms with Gasteiger partial charge in [-0.3, -0.25) is 0 Å². The standard InChI is InChI=1S/C6H14BNO2/c1-7-8(3-5-9-2)4-6-10-7/h3-6H2,1-2H3. The van der Waals surface area contributed by atoms with Crippen LogP contribution in [-0.2, 0) is 9.39 Å². The van der Waals surface area contributed by atoms with Gasteiger partial charge in [0.25, 0.3) is 0 Å². The molecule has 0 atom stereocenters. The summed E-state index contributed by atoms with van der Waals surface area (Å²) in [5.41, 5.74) is 0. The lowest BCUT2D eigenvalue weighted by atomic mass is 9.86. The normalized spacial score (nSPS) is 20.4. The van der Waals surface area contributed by atoms with Crippen molar-refractivity contribution in [3.05, 3.63) is 0 Å². The molecule has 0 saturated carbocycles. The van der Waals surface area contributed by atoms with E-state index in [0.29, 0.717) is 0 Å². The van der Waals surface area contributed by atoms with E-state index in [1.807, 2.05) is 0 Å². The fraction of sp³-hybridized carbons (Fsp3) is 1.00. The molecule has 1 fully saturated rings. The molecule has 0 radical (unpaired) electrons. The summed E-state index contributed by atoms with van der Waals surface area (Å²) in [5, 5.41) is 0. The van der Waals surface area contributed by atoms with Gasteiger partial charge in [-0.25, -0.2) is 0 Å². The van der Waals surface area contributed by atoms with Gasteiger partial charge in [-0.1, -0.05) is 0 Å². The van der Waals surface area contributed by atoms with Crippen molar-refractivity contribution in [1.29, 1.82) is 0 Å². The molecule has 0 aromatic heterocycles. The summed E-state index contributed by atoms with van der Waals surface area (Å²) in [6.07, 6.45) is 0. The van der Waals surface area contributed by atoms with Gasteiger partial charge in [-0.15, -0.1) is 0 Å². The van der Waals surface area contributed by atoms with Crippen LogP contribution in [0.15, 0.2) is 0 Å². The predicted octanol–water partition coefficient (Wildman–Crippen LogP) is 0.0830. The van der Waals surface area contributed by atoms with Crippen LogP contribution in [0.3, 0.4) is 0 Å². The van der Waals surface area contributed by atoms with E-state index in [1.165, 1.54) is 0 Å². The third kappa shape index (κ3) is 1.97. The van der Waals surface area contributed by atoms with Crippen molar-refractivity contribution in [2.24, 2.45) is 0 Å². The van der Waals surface area contributed by atoms with Gasteiger partial charge in [-0.2, -0.15) is 0 Å². The SMILES string of the molecule is COCCN1CCOB1C. The summed E-state index contributed by atoms with van der Waals surface area (Å²) in [6, 6.07) is 0. The second-order valence-electron chi connectivity index (χ2n) is 2.50. The van der Waals surface area contributed by atoms with Crippen LogP contribution in [0.2, 0.25) is 6.82 Å². The number of rotatable bonds is 3. The Morgan fingerprint density at radius 1 is 1.70 bits per heavy atom. The maximum Gasteiger partial charge on any atom is 0.379 e. The lowest BCUT2D eigenvalue weighted by Gasteiger charge is -2.14. The maximum absolute atomic E-state index is 5.33. The average molecular weight is 143 g/mol. The number of methoxy groups -OCH3 is 1. The van der Waals surface area contributed by atoms with Gasteiger partial charge in [0.05, 0.1) is 6.61 Å². The highest BCUT2D eigenvalue weighted by molar-refractivity contribution is 6.47. The van der Waals surface area contributed by atoms with E-state index >= 15 is 0 Å². The lowest BCUT2D eigenvalue weighted by molar-refractivity contribution is 0.181. The first-order valence-electron chi connectivity index (χ1n) is 3.69. The second kappa shape index (κ2) is 3.96. The molecule has 1 rings (SSSR count). The highest BCUT2D eigenvalue weighted by Gasteiger charge is 2.24. The quantitative estimate of drug-likeness (QED) is 0.522. The first-order chi connectivity index (χ1) is 4.84. The van der Waals surface area contributed by atoms with Gasteiger partial charge in [-0.05, 0) is 6.82 Å². The van der Waals surface area contributed by atoms with Gasteiger partial charge in [0, 0.05) is 26.8 Å². The molecule has 10 heavy (non-hydrogen) atoms. The lowest BCUT2D eigenvalue weighted by Crippen LogP contribution is -2.34. The number of ether oxygens (including phenoxy) is 1. The van der Waals surface area contributed by atoms with Crippen molar-refractivity contribution < 1.29 is 9.39 Å². The van der Waals surface area contributed by atoms with Crippen molar-refractivity contribution in [3.63, 3.8) is 0 Å². The summed E-state index contributed by atoms with van der Waals surface area (Å²) in [7, 11) is 2.01. The van der Waals surface area contributed by atoms with Crippen LogP contribution in [0.25, 0.3) is 0 Å². The molecule has 0 aromatic rings. The molecule has 1 aliphatic heterocycles. The second-order valence-corrected chi connectivity index (χ2v) is 2.50. The minimum Gasteiger partial charge on any atom is -0.420 e. The first-order valence-corrected chi connectivity index (χ1v) is 3.69. The zero-order valence-corrected chi connectivity index (χ0v) is 6.67. The van der Waals surface area contributed by atoms with Crippen LogP contribution in [-0.4, -0.2) is 45.3 Å². The molecule has 0 aliphatic carbocycles. The molecule has 4 heteroatoms. The van der Waals surface area contributed by atoms with Crippen molar-refractivity contribution in [2.45, 2.75) is 6.82 Å². The molecule has 0 N–H and O–H groups in total. The van der Waals surface area contributed by atoms with Crippen molar-refractivity contribution >= 4 is 7.05 Å². The molecule has 0 aromatic carbocycles. The van der Waals surface area contributed by atoms with Crippen molar-refractivity contribution in [2.75, 3.05) is 33.4 Å². The molecular weight excluding hydrogens is 129 g/mol. The van der Waals surface area contributed by atoms with E-state index in [4.69, 9.17) is 9.39 Å². The Labute approximate surface area is 62.4 Å². The van der Waals surface area contributed by atoms with Crippen LogP contribution in [0.1, 0.15) is 0 Å². The minimum atomic E-state index is 0.287. The Kier molecular flexibility index (Phi) is 3.18. The van der Waals surface area contributed by atoms with Gasteiger partial charge in [0.2, 0.25) is 0 Å². The van der Waals surface area contributed by atoms with Crippen molar-refractivity contribution in [1.82, 2.24) is 4.81 Å². The maximum atomic E-state index is 5.33. The van der Waals surface area contributed by atoms with Crippen LogP contribution in [0, 0.1) is 0 Å². The molecule has 3 nitrogen and oxygen atoms in total. The molecule has 1 saturated heterocycles. The fourth-order valence-electron chi connectivity index (χ4n) is 1.13. The van der Waals surface area contributed by atoms with E-state index < -0.39 is 0 Å². The molecule has 0 amide bonds. The molecule has 58 valence electrons. The summed E-state index contributed by atoms with van der Waals surface area (Å²) in [6.45, 7) is 5.77. The van der Waals surface area contributed by atoms with E-state index in [1.54, 1.807) is 7.11 Å². The van der Waals surface area contributed by atoms with Crippen LogP contribution in [0.5, 0.6) is 0 Å². The Morgan fingerprint density at radius 3 is 3.00 bits per heavy atom. The minimum absolute atomic E-state index is 0.287. The van der Waals surface area contributed by atoms with E-state index in [9.17, 15) is 0 Å². The summed E-state index contributed by atoms with van der Waals surface area (Å²) < 4.78 is 10.3. The molecule has 0 bridgehead atoms. The summed E-state index contributed by atoms with van der Waals surface area (Å²) >= 11 is 0. The van der Waals surface area contributed by atoms with Gasteiger partial charge < -0.3 is 14.2 Å². The van der Waals surface area contributed by atoms with Crippen LogP contribution >= 0.6 is 0 Å². The summed E-state index contributed by atoms with van der Waals surface area (Å²) in [5.74, 6) is 0. The fourth-order valence-corrected chi connectivity index (χ4v) is 1.13. The van der Waals surface area contributed by atoms with Gasteiger partial charge in [0.15, 0.2) is 0 Å². The van der Waals surface area contributed by atoms with Crippen molar-refractivity contribution in [3.8, 4) is 0 Å². The molecule has 1 aliphatic rings. The molecular formula is C6H14BNO2. The Balaban J connectivity index is 2.14. The number of hydrogen-bond donors (Lipinski definition) is 0. The average Bonchev–Trinajstić information content (AvgIpc) is 2.31. The topological polar surface area (TPSA) is 21.7 Å². The Bertz CT molecular complexity index is 102. The number of nitrogens with zero attached hydrogens (tertiary/aromatic N) is 1. The number of hydrogen-bond acceptors (Lipinski definition) is 3. The molecule has 0 spiro atoms. The summed E-state index contributed by atoms with van der Waals surface area (Å²) in [4.78, 5) is 2.27. The van der Waals surface area contributed by atoms with Crippen LogP contribution < -0.4 is 0 Å². The van der Waals surface area contributed by atoms with Gasteiger partial charge >= 0.3 is 7.05 Å². The third-order valence-electron chi connectivity index (χ3n) is 1.83. The van der Waals surface area contributed by atoms with Gasteiger partial charge in [0.1, 0.15) is 0 Å². The zero-order chi connectivity index (χ0) is 7.40. The molecule has 0 unspecified atom stereocenters. The predicted molar refractivity (Wildman–Crippen MR) is 41.0 cm³/mol. The van der Waals surface area contributed by atoms with E-state index in [0.717, 1.165) is 26.3 Å². The Hall–Kier alpha value is -0.0551. The Morgan fingerprint density at radius 2 is 2.50 bits per heavy atom. The largest absolute Gasteiger partial charge is 0.420 e. The van der Waals surface area contributed by atoms with E-state index in [-0.39, 0.29) is 7.05 Å². The first kappa shape index (κ1) is 8.05. The highest BCUT2D eigenvalue weighted by atomic mass is 16.5. The monoisotopic (exact) mass is 143 g/mol. The third-order valence-corrected chi connectivity index (χ3v) is 1.83. The molecule has 1 heterocycles. The van der Waals surface area contributed by atoms with E-state index in [2.05, 4.69) is 11.6 Å². The van der Waals surface area contributed by atoms with Crippen LogP contribution in [0.4, 0.5) is 0 Å². The smallest absolute Gasteiger partial charge is 0.379 e.